The van der Waals surface area contributed by atoms with Gasteiger partial charge in [0.15, 0.2) is 0 Å². The maximum atomic E-state index is 13.6. The lowest BCUT2D eigenvalue weighted by atomic mass is 9.85. The number of nitrogens with one attached hydrogen (secondary N) is 1. The largest absolute Gasteiger partial charge is 0.328 e. The van der Waals surface area contributed by atoms with Gasteiger partial charge >= 0.3 is 0 Å². The molecule has 2 atom stereocenters. The lowest BCUT2D eigenvalue weighted by Gasteiger charge is -2.25. The highest BCUT2D eigenvalue weighted by Gasteiger charge is 2.26. The molecule has 3 N–H and O–H groups in total. The van der Waals surface area contributed by atoms with Gasteiger partial charge in [0.05, 0.1) is 10.2 Å². The normalized spacial score (nSPS) is 23.2. The quantitative estimate of drug-likeness (QED) is 0.817. The summed E-state index contributed by atoms with van der Waals surface area (Å²) in [5.41, 5.74) is 5.68. The Balaban J connectivity index is 2.08. The van der Waals surface area contributed by atoms with Gasteiger partial charge < -0.3 is 11.1 Å². The van der Waals surface area contributed by atoms with E-state index in [9.17, 15) is 13.6 Å². The highest BCUT2D eigenvalue weighted by molar-refractivity contribution is 9.10. The van der Waals surface area contributed by atoms with Gasteiger partial charge in [-0.05, 0) is 41.3 Å². The summed E-state index contributed by atoms with van der Waals surface area (Å²) >= 11 is 2.89. The fourth-order valence-electron chi connectivity index (χ4n) is 2.32. The zero-order valence-corrected chi connectivity index (χ0v) is 11.8. The minimum Gasteiger partial charge on any atom is -0.328 e. The van der Waals surface area contributed by atoms with Crippen molar-refractivity contribution in [2.24, 2.45) is 11.7 Å². The molecular weight excluding hydrogens is 318 g/mol. The van der Waals surface area contributed by atoms with E-state index in [0.717, 1.165) is 31.4 Å². The Labute approximate surface area is 118 Å². The van der Waals surface area contributed by atoms with Crippen LogP contribution in [0.5, 0.6) is 0 Å². The molecule has 1 aliphatic rings. The number of hydrogen-bond donors (Lipinski definition) is 2. The molecule has 6 heteroatoms. The number of anilines is 1. The summed E-state index contributed by atoms with van der Waals surface area (Å²) in [5, 5.41) is 2.44. The first-order chi connectivity index (χ1) is 8.97. The van der Waals surface area contributed by atoms with Crippen LogP contribution in [-0.2, 0) is 4.79 Å². The number of rotatable bonds is 2. The minimum absolute atomic E-state index is 0.0102. The predicted octanol–water partition coefficient (Wildman–Crippen LogP) is 3.18. The van der Waals surface area contributed by atoms with Crippen LogP contribution in [0.4, 0.5) is 14.5 Å². The highest BCUT2D eigenvalue weighted by Crippen LogP contribution is 2.27. The van der Waals surface area contributed by atoms with Crippen molar-refractivity contribution in [2.75, 3.05) is 5.32 Å². The number of amides is 1. The summed E-state index contributed by atoms with van der Waals surface area (Å²) in [5.74, 6) is -1.80. The monoisotopic (exact) mass is 332 g/mol. The third-order valence-corrected chi connectivity index (χ3v) is 3.96. The second-order valence-corrected chi connectivity index (χ2v) is 5.71. The Bertz CT molecular complexity index is 496. The van der Waals surface area contributed by atoms with Gasteiger partial charge in [-0.3, -0.25) is 4.79 Å². The van der Waals surface area contributed by atoms with Crippen LogP contribution in [0.2, 0.25) is 0 Å². The van der Waals surface area contributed by atoms with E-state index >= 15 is 0 Å². The molecule has 1 fully saturated rings. The van der Waals surface area contributed by atoms with E-state index in [2.05, 4.69) is 21.2 Å². The molecule has 104 valence electrons. The number of halogens is 3. The van der Waals surface area contributed by atoms with Gasteiger partial charge in [-0.25, -0.2) is 8.78 Å². The van der Waals surface area contributed by atoms with Crippen molar-refractivity contribution in [1.82, 2.24) is 0 Å². The summed E-state index contributed by atoms with van der Waals surface area (Å²) in [6.07, 6.45) is 3.12. The Morgan fingerprint density at radius 2 is 2.05 bits per heavy atom. The van der Waals surface area contributed by atoms with Crippen LogP contribution in [0.25, 0.3) is 0 Å². The molecule has 1 amide bonds. The molecule has 1 aromatic rings. The number of hydrogen-bond acceptors (Lipinski definition) is 2. The Hall–Kier alpha value is -1.01. The van der Waals surface area contributed by atoms with Crippen LogP contribution in [0.3, 0.4) is 0 Å². The van der Waals surface area contributed by atoms with Crippen LogP contribution in [-0.4, -0.2) is 11.9 Å². The van der Waals surface area contributed by atoms with Gasteiger partial charge in [0, 0.05) is 18.0 Å². The topological polar surface area (TPSA) is 55.1 Å². The van der Waals surface area contributed by atoms with Crippen molar-refractivity contribution in [3.05, 3.63) is 28.2 Å². The van der Waals surface area contributed by atoms with Gasteiger partial charge in [0.1, 0.15) is 11.6 Å². The summed E-state index contributed by atoms with van der Waals surface area (Å²) in [7, 11) is 0. The fourth-order valence-corrected chi connectivity index (χ4v) is 2.63. The zero-order chi connectivity index (χ0) is 14.0. The average Bonchev–Trinajstić information content (AvgIpc) is 2.36. The van der Waals surface area contributed by atoms with Gasteiger partial charge in [-0.2, -0.15) is 0 Å². The van der Waals surface area contributed by atoms with E-state index in [1.165, 1.54) is 0 Å². The van der Waals surface area contributed by atoms with Crippen LogP contribution >= 0.6 is 15.9 Å². The van der Waals surface area contributed by atoms with Crippen LogP contribution < -0.4 is 11.1 Å². The van der Waals surface area contributed by atoms with Crippen molar-refractivity contribution < 1.29 is 13.6 Å². The smallest absolute Gasteiger partial charge is 0.227 e. The number of benzene rings is 1. The molecule has 0 aromatic heterocycles. The van der Waals surface area contributed by atoms with Crippen LogP contribution in [0.1, 0.15) is 25.7 Å². The number of carbonyl (C=O) groups is 1. The second-order valence-electron chi connectivity index (χ2n) is 4.86. The molecule has 2 unspecified atom stereocenters. The number of carbonyl (C=O) groups excluding carboxylic acids is 1. The Morgan fingerprint density at radius 3 is 2.74 bits per heavy atom. The van der Waals surface area contributed by atoms with Crippen LogP contribution in [0, 0.1) is 17.6 Å². The minimum atomic E-state index is -0.665. The standard InChI is InChI=1S/C13H15BrF2N2O/c14-9-5-11(16)12(6-10(9)15)18-13(19)7-2-1-3-8(17)4-7/h5-8H,1-4,17H2,(H,18,19). The average molecular weight is 333 g/mol. The molecule has 1 saturated carbocycles. The summed E-state index contributed by atoms with van der Waals surface area (Å²) in [6.45, 7) is 0. The van der Waals surface area contributed by atoms with Crippen LogP contribution in [0.15, 0.2) is 16.6 Å². The molecule has 0 radical (unpaired) electrons. The zero-order valence-electron chi connectivity index (χ0n) is 10.3. The van der Waals surface area contributed by atoms with E-state index in [1.54, 1.807) is 0 Å². The molecule has 0 aliphatic heterocycles. The summed E-state index contributed by atoms with van der Waals surface area (Å²) in [4.78, 5) is 12.0. The number of nitrogens with two attached hydrogens (primary N) is 1. The molecule has 1 aromatic carbocycles. The molecular formula is C13H15BrF2N2O. The Morgan fingerprint density at radius 1 is 1.32 bits per heavy atom. The van der Waals surface area contributed by atoms with E-state index in [1.807, 2.05) is 0 Å². The SMILES string of the molecule is NC1CCCC(C(=O)Nc2cc(F)c(Br)cc2F)C1. The summed E-state index contributed by atoms with van der Waals surface area (Å²) < 4.78 is 27.0. The first-order valence-electron chi connectivity index (χ1n) is 6.18. The predicted molar refractivity (Wildman–Crippen MR) is 72.6 cm³/mol. The third-order valence-electron chi connectivity index (χ3n) is 3.35. The molecule has 2 rings (SSSR count). The molecule has 0 saturated heterocycles. The van der Waals surface area contributed by atoms with E-state index in [-0.39, 0.29) is 28.0 Å². The first kappa shape index (κ1) is 14.4. The molecule has 19 heavy (non-hydrogen) atoms. The second kappa shape index (κ2) is 5.96. The summed E-state index contributed by atoms with van der Waals surface area (Å²) in [6, 6.07) is 1.98. The van der Waals surface area contributed by atoms with Crippen molar-refractivity contribution >= 4 is 27.5 Å². The third kappa shape index (κ3) is 3.51. The van der Waals surface area contributed by atoms with Crippen molar-refractivity contribution in [3.63, 3.8) is 0 Å². The molecule has 3 nitrogen and oxygen atoms in total. The maximum Gasteiger partial charge on any atom is 0.227 e. The molecule has 0 bridgehead atoms. The molecule has 0 heterocycles. The van der Waals surface area contributed by atoms with Crippen molar-refractivity contribution in [2.45, 2.75) is 31.7 Å². The van der Waals surface area contributed by atoms with Gasteiger partial charge in [0.25, 0.3) is 0 Å². The van der Waals surface area contributed by atoms with Gasteiger partial charge in [-0.15, -0.1) is 0 Å². The maximum absolute atomic E-state index is 13.6. The highest BCUT2D eigenvalue weighted by atomic mass is 79.9. The lowest BCUT2D eigenvalue weighted by molar-refractivity contribution is -0.120. The molecule has 1 aliphatic carbocycles. The van der Waals surface area contributed by atoms with E-state index < -0.39 is 11.6 Å². The van der Waals surface area contributed by atoms with E-state index in [4.69, 9.17) is 5.73 Å². The van der Waals surface area contributed by atoms with Crippen molar-refractivity contribution in [1.29, 1.82) is 0 Å². The fraction of sp³-hybridized carbons (Fsp3) is 0.462. The van der Waals surface area contributed by atoms with Gasteiger partial charge in [0.2, 0.25) is 5.91 Å². The van der Waals surface area contributed by atoms with E-state index in [0.29, 0.717) is 6.42 Å². The molecule has 0 spiro atoms. The lowest BCUT2D eigenvalue weighted by Crippen LogP contribution is -2.34. The Kier molecular flexibility index (Phi) is 4.52. The van der Waals surface area contributed by atoms with Gasteiger partial charge in [-0.1, -0.05) is 6.42 Å². The van der Waals surface area contributed by atoms with Crippen molar-refractivity contribution in [3.8, 4) is 0 Å². The first-order valence-corrected chi connectivity index (χ1v) is 6.97.